The summed E-state index contributed by atoms with van der Waals surface area (Å²) in [5.41, 5.74) is -0.413. The van der Waals surface area contributed by atoms with Crippen LogP contribution in [0.4, 0.5) is 5.82 Å². The van der Waals surface area contributed by atoms with Crippen LogP contribution in [0.15, 0.2) is 17.1 Å². The quantitative estimate of drug-likeness (QED) is 0.788. The van der Waals surface area contributed by atoms with Crippen molar-refractivity contribution in [2.75, 3.05) is 19.0 Å². The number of hydrogen-bond acceptors (Lipinski definition) is 5. The van der Waals surface area contributed by atoms with Gasteiger partial charge in [-0.3, -0.25) is 4.57 Å². The van der Waals surface area contributed by atoms with Crippen LogP contribution in [0, 0.1) is 0 Å². The molecule has 0 bridgehead atoms. The molecule has 17 heavy (non-hydrogen) atoms. The molecule has 0 unspecified atom stereocenters. The highest BCUT2D eigenvalue weighted by Crippen LogP contribution is 2.27. The van der Waals surface area contributed by atoms with Crippen LogP contribution in [0.3, 0.4) is 0 Å². The number of anilines is 1. The van der Waals surface area contributed by atoms with Crippen molar-refractivity contribution in [3.8, 4) is 0 Å². The summed E-state index contributed by atoms with van der Waals surface area (Å²) in [6.45, 7) is -0.0182. The number of ether oxygens (including phenoxy) is 1. The summed E-state index contributed by atoms with van der Waals surface area (Å²) in [6.07, 6.45) is 0.149. The van der Waals surface area contributed by atoms with Gasteiger partial charge in [-0.05, 0) is 13.0 Å². The summed E-state index contributed by atoms with van der Waals surface area (Å²) >= 11 is 0. The molecule has 1 fully saturated rings. The topological polar surface area (TPSA) is 67.6 Å². The Morgan fingerprint density at radius 3 is 3.00 bits per heavy atom. The number of aliphatic hydroxyl groups is 1. The number of nitrogens with zero attached hydrogens (tertiary/aromatic N) is 3. The molecule has 2 rings (SSSR count). The van der Waals surface area contributed by atoms with Crippen LogP contribution >= 0.6 is 0 Å². The molecular weight excluding hydrogens is 222 g/mol. The zero-order valence-corrected chi connectivity index (χ0v) is 9.91. The van der Waals surface area contributed by atoms with Gasteiger partial charge in [0.25, 0.3) is 0 Å². The van der Waals surface area contributed by atoms with E-state index in [4.69, 9.17) is 6.11 Å². The molecule has 1 N–H and O–H groups in total. The molecule has 0 aromatic carbocycles. The SMILES string of the molecule is [3H]C[C@H]1O[C@@H](n2ccc(N(C)C)nc2=O)C[C@H]1O. The number of aromatic nitrogens is 2. The van der Waals surface area contributed by atoms with E-state index in [1.165, 1.54) is 4.57 Å². The Morgan fingerprint density at radius 1 is 1.71 bits per heavy atom. The largest absolute Gasteiger partial charge is 0.390 e. The predicted molar refractivity (Wildman–Crippen MR) is 63.0 cm³/mol. The minimum atomic E-state index is -0.701. The highest BCUT2D eigenvalue weighted by Gasteiger charge is 2.32. The molecule has 3 atom stereocenters. The molecule has 2 heterocycles. The van der Waals surface area contributed by atoms with E-state index in [1.54, 1.807) is 31.3 Å². The van der Waals surface area contributed by atoms with Crippen LogP contribution in [-0.2, 0) is 4.74 Å². The van der Waals surface area contributed by atoms with Crippen molar-refractivity contribution in [3.63, 3.8) is 0 Å². The second-order valence-electron chi connectivity index (χ2n) is 4.30. The summed E-state index contributed by atoms with van der Waals surface area (Å²) < 4.78 is 14.0. The van der Waals surface area contributed by atoms with Gasteiger partial charge in [-0.1, -0.05) is 0 Å². The molecule has 6 nitrogen and oxygen atoms in total. The zero-order chi connectivity index (χ0) is 13.3. The molecule has 1 saturated heterocycles. The molecule has 0 aliphatic carbocycles. The predicted octanol–water partition coefficient (Wildman–Crippen LogP) is -0.0224. The summed E-state index contributed by atoms with van der Waals surface area (Å²) in [6, 6.07) is 1.71. The van der Waals surface area contributed by atoms with E-state index in [0.717, 1.165) is 0 Å². The molecule has 1 aromatic heterocycles. The Bertz CT molecular complexity index is 477. The first-order chi connectivity index (χ1) is 8.52. The van der Waals surface area contributed by atoms with Crippen molar-refractivity contribution < 1.29 is 11.2 Å². The van der Waals surface area contributed by atoms with Crippen LogP contribution in [0.2, 0.25) is 0 Å². The second-order valence-corrected chi connectivity index (χ2v) is 4.30. The number of hydrogen-bond donors (Lipinski definition) is 1. The molecule has 6 heteroatoms. The number of aliphatic hydroxyl groups excluding tert-OH is 1. The smallest absolute Gasteiger partial charge is 0.351 e. The maximum absolute atomic E-state index is 11.8. The lowest BCUT2D eigenvalue weighted by Crippen LogP contribution is -2.28. The molecule has 0 saturated carbocycles. The van der Waals surface area contributed by atoms with Gasteiger partial charge in [-0.25, -0.2) is 4.79 Å². The Labute approximate surface area is 101 Å². The molecule has 1 aliphatic heterocycles. The second kappa shape index (κ2) is 4.46. The fraction of sp³-hybridized carbons (Fsp3) is 0.636. The fourth-order valence-corrected chi connectivity index (χ4v) is 1.76. The first-order valence-electron chi connectivity index (χ1n) is 6.13. The van der Waals surface area contributed by atoms with Crippen molar-refractivity contribution in [2.24, 2.45) is 0 Å². The van der Waals surface area contributed by atoms with E-state index in [2.05, 4.69) is 4.98 Å². The van der Waals surface area contributed by atoms with Crippen LogP contribution in [0.1, 0.15) is 20.9 Å². The fourth-order valence-electron chi connectivity index (χ4n) is 1.76. The van der Waals surface area contributed by atoms with E-state index in [1.807, 2.05) is 0 Å². The standard InChI is InChI=1S/C11H17N3O3/c1-7-8(15)6-10(17-7)14-5-4-9(13(2)3)12-11(14)16/h4-5,7-8,10,15H,6H2,1-3H3/t7-,8-,10-/m1/s1/i1T. The first-order valence-corrected chi connectivity index (χ1v) is 5.42. The maximum atomic E-state index is 11.8. The average Bonchev–Trinajstić information content (AvgIpc) is 2.70. The van der Waals surface area contributed by atoms with Crippen LogP contribution < -0.4 is 10.6 Å². The normalized spacial score (nSPS) is 29.1. The van der Waals surface area contributed by atoms with Crippen molar-refractivity contribution >= 4 is 5.82 Å². The third-order valence-corrected chi connectivity index (χ3v) is 2.79. The van der Waals surface area contributed by atoms with Gasteiger partial charge in [-0.2, -0.15) is 4.98 Å². The summed E-state index contributed by atoms with van der Waals surface area (Å²) in [5.74, 6) is 0.576. The van der Waals surface area contributed by atoms with Gasteiger partial charge in [0.1, 0.15) is 12.0 Å². The van der Waals surface area contributed by atoms with Gasteiger partial charge in [0.15, 0.2) is 0 Å². The Balaban J connectivity index is 2.23. The van der Waals surface area contributed by atoms with Gasteiger partial charge in [0, 0.05) is 28.1 Å². The minimum absolute atomic E-state index is 0.0182. The molecule has 94 valence electrons. The van der Waals surface area contributed by atoms with Gasteiger partial charge < -0.3 is 14.7 Å². The lowest BCUT2D eigenvalue weighted by Gasteiger charge is -2.15. The molecule has 0 radical (unpaired) electrons. The highest BCUT2D eigenvalue weighted by atomic mass is 16.5. The van der Waals surface area contributed by atoms with Gasteiger partial charge in [0.2, 0.25) is 0 Å². The van der Waals surface area contributed by atoms with E-state index in [9.17, 15) is 9.90 Å². The van der Waals surface area contributed by atoms with Crippen LogP contribution in [0.5, 0.6) is 0 Å². The zero-order valence-electron chi connectivity index (χ0n) is 10.9. The van der Waals surface area contributed by atoms with Gasteiger partial charge >= 0.3 is 5.69 Å². The molecule has 1 aromatic rings. The Kier molecular flexibility index (Phi) is 2.82. The summed E-state index contributed by atoms with van der Waals surface area (Å²) in [7, 11) is 3.61. The van der Waals surface area contributed by atoms with Crippen molar-refractivity contribution in [1.82, 2.24) is 9.55 Å². The van der Waals surface area contributed by atoms with Crippen molar-refractivity contribution in [1.29, 1.82) is 0 Å². The average molecular weight is 241 g/mol. The van der Waals surface area contributed by atoms with E-state index in [-0.39, 0.29) is 6.90 Å². The van der Waals surface area contributed by atoms with Crippen LogP contribution in [-0.4, -0.2) is 41.0 Å². The monoisotopic (exact) mass is 241 g/mol. The Morgan fingerprint density at radius 2 is 2.47 bits per heavy atom. The van der Waals surface area contributed by atoms with Crippen LogP contribution in [0.25, 0.3) is 0 Å². The van der Waals surface area contributed by atoms with Crippen molar-refractivity contribution in [3.05, 3.63) is 22.7 Å². The molecule has 0 amide bonds. The molecule has 0 spiro atoms. The number of rotatable bonds is 2. The summed E-state index contributed by atoms with van der Waals surface area (Å²) in [4.78, 5) is 17.5. The van der Waals surface area contributed by atoms with E-state index in [0.29, 0.717) is 12.2 Å². The van der Waals surface area contributed by atoms with E-state index >= 15 is 0 Å². The highest BCUT2D eigenvalue weighted by molar-refractivity contribution is 5.33. The lowest BCUT2D eigenvalue weighted by atomic mass is 10.2. The first kappa shape index (κ1) is 10.7. The molecule has 1 aliphatic rings. The van der Waals surface area contributed by atoms with Gasteiger partial charge in [0.05, 0.1) is 12.2 Å². The minimum Gasteiger partial charge on any atom is -0.390 e. The Hall–Kier alpha value is -1.40. The third-order valence-electron chi connectivity index (χ3n) is 2.79. The van der Waals surface area contributed by atoms with Gasteiger partial charge in [-0.15, -0.1) is 0 Å². The summed E-state index contributed by atoms with van der Waals surface area (Å²) in [5, 5.41) is 9.67. The molecular formula is C11H17N3O3. The van der Waals surface area contributed by atoms with E-state index < -0.39 is 24.1 Å². The van der Waals surface area contributed by atoms with Crippen molar-refractivity contribution in [2.45, 2.75) is 31.8 Å². The third kappa shape index (κ3) is 2.32. The maximum Gasteiger partial charge on any atom is 0.351 e. The lowest BCUT2D eigenvalue weighted by molar-refractivity contribution is -0.0100.